The third-order valence-corrected chi connectivity index (χ3v) is 5.75. The smallest absolute Gasteiger partial charge is 0.251 e. The molecule has 0 saturated heterocycles. The van der Waals surface area contributed by atoms with Crippen molar-refractivity contribution in [1.82, 2.24) is 25.5 Å². The number of aryl methyl sites for hydroxylation is 1. The quantitative estimate of drug-likeness (QED) is 0.575. The molecule has 9 nitrogen and oxygen atoms in total. The molecule has 0 atom stereocenters. The van der Waals surface area contributed by atoms with E-state index in [4.69, 9.17) is 0 Å². The summed E-state index contributed by atoms with van der Waals surface area (Å²) in [4.78, 5) is 28.5. The van der Waals surface area contributed by atoms with Crippen molar-refractivity contribution in [3.05, 3.63) is 54.1 Å². The summed E-state index contributed by atoms with van der Waals surface area (Å²) in [6, 6.07) is 14.1. The molecule has 1 aromatic heterocycles. The van der Waals surface area contributed by atoms with Crippen LogP contribution in [-0.2, 0) is 16.1 Å². The SMILES string of the molecule is Cc1ccc(-c2nnn(CC(=O)N(CC(=O)NC3CCCCC3)c3cccc(O)c3)n2)cc1. The van der Waals surface area contributed by atoms with E-state index in [1.54, 1.807) is 12.1 Å². The number of amides is 2. The van der Waals surface area contributed by atoms with E-state index in [0.29, 0.717) is 11.5 Å². The Kier molecular flexibility index (Phi) is 6.97. The monoisotopic (exact) mass is 448 g/mol. The predicted molar refractivity (Wildman–Crippen MR) is 123 cm³/mol. The maximum Gasteiger partial charge on any atom is 0.251 e. The van der Waals surface area contributed by atoms with Crippen molar-refractivity contribution < 1.29 is 14.7 Å². The highest BCUT2D eigenvalue weighted by atomic mass is 16.3. The molecule has 0 radical (unpaired) electrons. The summed E-state index contributed by atoms with van der Waals surface area (Å²) in [5.74, 6) is -0.182. The van der Waals surface area contributed by atoms with E-state index in [1.807, 2.05) is 31.2 Å². The molecule has 9 heteroatoms. The van der Waals surface area contributed by atoms with Gasteiger partial charge in [0.2, 0.25) is 11.7 Å². The second kappa shape index (κ2) is 10.2. The zero-order valence-corrected chi connectivity index (χ0v) is 18.6. The first kappa shape index (κ1) is 22.4. The molecule has 1 heterocycles. The Balaban J connectivity index is 1.48. The van der Waals surface area contributed by atoms with Crippen LogP contribution < -0.4 is 10.2 Å². The van der Waals surface area contributed by atoms with Gasteiger partial charge in [-0.3, -0.25) is 9.59 Å². The molecule has 2 amide bonds. The molecule has 172 valence electrons. The van der Waals surface area contributed by atoms with Crippen LogP contribution in [0.1, 0.15) is 37.7 Å². The second-order valence-corrected chi connectivity index (χ2v) is 8.41. The lowest BCUT2D eigenvalue weighted by atomic mass is 9.95. The number of hydrogen-bond acceptors (Lipinski definition) is 6. The molecule has 2 N–H and O–H groups in total. The number of nitrogens with one attached hydrogen (secondary N) is 1. The molecule has 0 unspecified atom stereocenters. The second-order valence-electron chi connectivity index (χ2n) is 8.41. The van der Waals surface area contributed by atoms with E-state index >= 15 is 0 Å². The van der Waals surface area contributed by atoms with Gasteiger partial charge < -0.3 is 15.3 Å². The van der Waals surface area contributed by atoms with Crippen LogP contribution in [0, 0.1) is 6.92 Å². The Labute approximate surface area is 192 Å². The molecule has 2 aromatic carbocycles. The normalized spacial score (nSPS) is 14.1. The van der Waals surface area contributed by atoms with Gasteiger partial charge in [-0.05, 0) is 37.1 Å². The van der Waals surface area contributed by atoms with Crippen LogP contribution >= 0.6 is 0 Å². The van der Waals surface area contributed by atoms with Gasteiger partial charge >= 0.3 is 0 Å². The van der Waals surface area contributed by atoms with Gasteiger partial charge in [0.15, 0.2) is 0 Å². The Bertz CT molecular complexity index is 1110. The van der Waals surface area contributed by atoms with Gasteiger partial charge in [-0.25, -0.2) is 0 Å². The van der Waals surface area contributed by atoms with Gasteiger partial charge in [-0.2, -0.15) is 4.80 Å². The first-order chi connectivity index (χ1) is 16.0. The van der Waals surface area contributed by atoms with Gasteiger partial charge in [0.05, 0.1) is 0 Å². The van der Waals surface area contributed by atoms with E-state index in [0.717, 1.165) is 36.8 Å². The van der Waals surface area contributed by atoms with Crippen molar-refractivity contribution >= 4 is 17.5 Å². The van der Waals surface area contributed by atoms with Crippen LogP contribution in [0.4, 0.5) is 5.69 Å². The van der Waals surface area contributed by atoms with Gasteiger partial charge in [0.1, 0.15) is 18.8 Å². The summed E-state index contributed by atoms with van der Waals surface area (Å²) in [6.07, 6.45) is 5.30. The minimum atomic E-state index is -0.382. The lowest BCUT2D eigenvalue weighted by molar-refractivity contribution is -0.124. The predicted octanol–water partition coefficient (Wildman–Crippen LogP) is 2.84. The van der Waals surface area contributed by atoms with E-state index in [1.165, 1.54) is 28.2 Å². The van der Waals surface area contributed by atoms with Crippen molar-refractivity contribution in [1.29, 1.82) is 0 Å². The fourth-order valence-electron chi connectivity index (χ4n) is 3.98. The number of hydrogen-bond donors (Lipinski definition) is 2. The van der Waals surface area contributed by atoms with Crippen LogP contribution in [0.25, 0.3) is 11.4 Å². The maximum atomic E-state index is 13.2. The molecule has 0 aliphatic heterocycles. The number of aromatic nitrogens is 4. The fraction of sp³-hybridized carbons (Fsp3) is 0.375. The van der Waals surface area contributed by atoms with Crippen LogP contribution in [0.5, 0.6) is 5.75 Å². The van der Waals surface area contributed by atoms with E-state index in [9.17, 15) is 14.7 Å². The largest absolute Gasteiger partial charge is 0.508 e. The van der Waals surface area contributed by atoms with Crippen LogP contribution in [0.15, 0.2) is 48.5 Å². The molecular formula is C24H28N6O3. The van der Waals surface area contributed by atoms with E-state index < -0.39 is 0 Å². The zero-order chi connectivity index (χ0) is 23.2. The van der Waals surface area contributed by atoms with Crippen molar-refractivity contribution in [2.24, 2.45) is 0 Å². The lowest BCUT2D eigenvalue weighted by Gasteiger charge is -2.26. The molecule has 0 spiro atoms. The van der Waals surface area contributed by atoms with Crippen LogP contribution in [0.2, 0.25) is 0 Å². The molecule has 4 rings (SSSR count). The highest BCUT2D eigenvalue weighted by molar-refractivity contribution is 5.98. The molecule has 1 aliphatic rings. The topological polar surface area (TPSA) is 113 Å². The number of carbonyl (C=O) groups is 2. The van der Waals surface area contributed by atoms with Crippen molar-refractivity contribution in [3.8, 4) is 17.1 Å². The van der Waals surface area contributed by atoms with Gasteiger partial charge in [0, 0.05) is 23.4 Å². The molecule has 33 heavy (non-hydrogen) atoms. The van der Waals surface area contributed by atoms with E-state index in [-0.39, 0.29) is 36.7 Å². The Morgan fingerprint density at radius 2 is 1.88 bits per heavy atom. The van der Waals surface area contributed by atoms with Crippen LogP contribution in [-0.4, -0.2) is 49.7 Å². The Hall–Kier alpha value is -3.75. The summed E-state index contributed by atoms with van der Waals surface area (Å²) in [6.45, 7) is 1.65. The van der Waals surface area contributed by atoms with Crippen molar-refractivity contribution in [2.75, 3.05) is 11.4 Å². The Morgan fingerprint density at radius 1 is 1.12 bits per heavy atom. The molecule has 0 bridgehead atoms. The minimum Gasteiger partial charge on any atom is -0.508 e. The van der Waals surface area contributed by atoms with Crippen molar-refractivity contribution in [2.45, 2.75) is 51.6 Å². The van der Waals surface area contributed by atoms with Gasteiger partial charge in [-0.1, -0.05) is 55.2 Å². The highest BCUT2D eigenvalue weighted by Gasteiger charge is 2.23. The number of phenols is 1. The molecular weight excluding hydrogens is 420 g/mol. The summed E-state index contributed by atoms with van der Waals surface area (Å²) < 4.78 is 0. The number of phenolic OH excluding ortho intramolecular Hbond substituents is 1. The summed E-state index contributed by atoms with van der Waals surface area (Å²) in [5.41, 5.74) is 2.35. The standard InChI is InChI=1S/C24H28N6O3/c1-17-10-12-18(13-11-17)24-26-28-30(27-24)16-23(33)29(20-8-5-9-21(31)14-20)15-22(32)25-19-6-3-2-4-7-19/h5,8-14,19,31H,2-4,6-7,15-16H2,1H3,(H,25,32). The molecule has 1 fully saturated rings. The summed E-state index contributed by atoms with van der Waals surface area (Å²) >= 11 is 0. The number of nitrogens with zero attached hydrogens (tertiary/aromatic N) is 5. The Morgan fingerprint density at radius 3 is 2.61 bits per heavy atom. The first-order valence-corrected chi connectivity index (χ1v) is 11.2. The van der Waals surface area contributed by atoms with Crippen molar-refractivity contribution in [3.63, 3.8) is 0 Å². The average molecular weight is 449 g/mol. The zero-order valence-electron chi connectivity index (χ0n) is 18.6. The average Bonchev–Trinajstić information content (AvgIpc) is 3.27. The molecule has 1 aliphatic carbocycles. The third kappa shape index (κ3) is 5.94. The number of benzene rings is 2. The lowest BCUT2D eigenvalue weighted by Crippen LogP contribution is -2.45. The number of anilines is 1. The fourth-order valence-corrected chi connectivity index (χ4v) is 3.98. The van der Waals surface area contributed by atoms with Crippen LogP contribution in [0.3, 0.4) is 0 Å². The van der Waals surface area contributed by atoms with Gasteiger partial charge in [-0.15, -0.1) is 10.2 Å². The van der Waals surface area contributed by atoms with Gasteiger partial charge in [0.25, 0.3) is 5.91 Å². The first-order valence-electron chi connectivity index (χ1n) is 11.2. The number of rotatable bonds is 7. The van der Waals surface area contributed by atoms with E-state index in [2.05, 4.69) is 20.7 Å². The third-order valence-electron chi connectivity index (χ3n) is 5.75. The summed E-state index contributed by atoms with van der Waals surface area (Å²) in [7, 11) is 0. The number of tetrazole rings is 1. The number of carbonyl (C=O) groups excluding carboxylic acids is 2. The highest BCUT2D eigenvalue weighted by Crippen LogP contribution is 2.21. The molecule has 1 saturated carbocycles. The number of aromatic hydroxyl groups is 1. The maximum absolute atomic E-state index is 13.2. The minimum absolute atomic E-state index is 0.0125. The summed E-state index contributed by atoms with van der Waals surface area (Å²) in [5, 5.41) is 25.3. The molecule has 3 aromatic rings.